The van der Waals surface area contributed by atoms with Gasteiger partial charge >= 0.3 is 0 Å². The minimum absolute atomic E-state index is 0.478. The molecular formula is C10H14N2S. The zero-order valence-corrected chi connectivity index (χ0v) is 9.27. The van der Waals surface area contributed by atoms with Gasteiger partial charge in [-0.05, 0) is 26.8 Å². The molecule has 3 heteroatoms. The summed E-state index contributed by atoms with van der Waals surface area (Å²) in [6, 6.07) is 2.65. The van der Waals surface area contributed by atoms with Crippen LogP contribution in [0.1, 0.15) is 29.6 Å². The zero-order valence-electron chi connectivity index (χ0n) is 8.46. The third-order valence-corrected chi connectivity index (χ3v) is 3.83. The van der Waals surface area contributed by atoms with Gasteiger partial charge in [-0.3, -0.25) is 0 Å². The van der Waals surface area contributed by atoms with Gasteiger partial charge in [-0.2, -0.15) is 0 Å². The molecule has 1 aromatic heterocycles. The van der Waals surface area contributed by atoms with Crippen molar-refractivity contribution < 1.29 is 0 Å². The number of nitrogens with zero attached hydrogens (tertiary/aromatic N) is 2. The molecule has 0 saturated heterocycles. The molecule has 0 radical (unpaired) electrons. The lowest BCUT2D eigenvalue weighted by Crippen LogP contribution is -2.29. The van der Waals surface area contributed by atoms with Gasteiger partial charge < -0.3 is 4.90 Å². The molecule has 13 heavy (non-hydrogen) atoms. The second-order valence-electron chi connectivity index (χ2n) is 3.55. The number of amidine groups is 1. The maximum atomic E-state index is 4.55. The van der Waals surface area contributed by atoms with Crippen molar-refractivity contribution in [2.24, 2.45) is 4.99 Å². The van der Waals surface area contributed by atoms with Gasteiger partial charge in [0.25, 0.3) is 0 Å². The fraction of sp³-hybridized carbons (Fsp3) is 0.500. The van der Waals surface area contributed by atoms with Crippen LogP contribution >= 0.6 is 11.3 Å². The highest BCUT2D eigenvalue weighted by Gasteiger charge is 2.23. The summed E-state index contributed by atoms with van der Waals surface area (Å²) in [5, 5.41) is 0. The zero-order chi connectivity index (χ0) is 9.59. The van der Waals surface area contributed by atoms with E-state index in [2.05, 4.69) is 43.8 Å². The summed E-state index contributed by atoms with van der Waals surface area (Å²) in [5.41, 5.74) is 1.17. The van der Waals surface area contributed by atoms with Gasteiger partial charge in [-0.25, -0.2) is 4.99 Å². The van der Waals surface area contributed by atoms with Crippen molar-refractivity contribution in [1.29, 1.82) is 0 Å². The van der Waals surface area contributed by atoms with E-state index in [0.29, 0.717) is 6.04 Å². The van der Waals surface area contributed by atoms with E-state index < -0.39 is 0 Å². The highest BCUT2D eigenvalue weighted by Crippen LogP contribution is 2.39. The van der Waals surface area contributed by atoms with Gasteiger partial charge in [0.2, 0.25) is 0 Å². The van der Waals surface area contributed by atoms with E-state index >= 15 is 0 Å². The summed E-state index contributed by atoms with van der Waals surface area (Å²) in [4.78, 5) is 9.52. The minimum Gasteiger partial charge on any atom is -0.356 e. The average Bonchev–Trinajstić information content (AvgIpc) is 2.42. The fourth-order valence-corrected chi connectivity index (χ4v) is 2.67. The third-order valence-electron chi connectivity index (χ3n) is 2.62. The Morgan fingerprint density at radius 3 is 2.85 bits per heavy atom. The number of rotatable bonds is 0. The van der Waals surface area contributed by atoms with Crippen LogP contribution < -0.4 is 0 Å². The normalized spacial score (nSPS) is 21.4. The first-order valence-electron chi connectivity index (χ1n) is 4.48. The second-order valence-corrected chi connectivity index (χ2v) is 4.84. The summed E-state index contributed by atoms with van der Waals surface area (Å²) >= 11 is 1.86. The molecule has 0 N–H and O–H groups in total. The first kappa shape index (κ1) is 8.75. The topological polar surface area (TPSA) is 15.6 Å². The molecule has 1 aliphatic heterocycles. The van der Waals surface area contributed by atoms with Crippen molar-refractivity contribution in [3.05, 3.63) is 15.8 Å². The van der Waals surface area contributed by atoms with Crippen LogP contribution in [0.2, 0.25) is 0 Å². The van der Waals surface area contributed by atoms with Gasteiger partial charge in [0, 0.05) is 11.9 Å². The molecule has 2 rings (SSSR count). The predicted octanol–water partition coefficient (Wildman–Crippen LogP) is 3.11. The smallest absolute Gasteiger partial charge is 0.102 e. The third kappa shape index (κ3) is 1.27. The number of fused-ring (bicyclic) bond motifs is 1. The van der Waals surface area contributed by atoms with Gasteiger partial charge in [0.05, 0.1) is 16.6 Å². The molecule has 0 aromatic carbocycles. The number of hydrogen-bond acceptors (Lipinski definition) is 3. The molecule has 1 aromatic rings. The van der Waals surface area contributed by atoms with Crippen LogP contribution in [0.4, 0.5) is 5.69 Å². The Kier molecular flexibility index (Phi) is 1.91. The van der Waals surface area contributed by atoms with E-state index in [9.17, 15) is 0 Å². The Bertz CT molecular complexity index is 365. The monoisotopic (exact) mass is 194 g/mol. The van der Waals surface area contributed by atoms with E-state index in [0.717, 1.165) is 5.84 Å². The maximum Gasteiger partial charge on any atom is 0.102 e. The lowest BCUT2D eigenvalue weighted by atomic mass is 10.2. The molecule has 0 saturated carbocycles. The Balaban J connectivity index is 2.55. The van der Waals surface area contributed by atoms with Gasteiger partial charge in [0.15, 0.2) is 0 Å². The molecule has 0 bridgehead atoms. The summed E-state index contributed by atoms with van der Waals surface area (Å²) in [6.07, 6.45) is 0. The van der Waals surface area contributed by atoms with Crippen LogP contribution in [0.25, 0.3) is 0 Å². The predicted molar refractivity (Wildman–Crippen MR) is 58.0 cm³/mol. The minimum atomic E-state index is 0.478. The average molecular weight is 194 g/mol. The molecule has 70 valence electrons. The quantitative estimate of drug-likeness (QED) is 0.619. The van der Waals surface area contributed by atoms with Crippen LogP contribution in [0.5, 0.6) is 0 Å². The van der Waals surface area contributed by atoms with Crippen molar-refractivity contribution >= 4 is 22.9 Å². The number of aliphatic imine (C=N–C) groups is 1. The maximum absolute atomic E-state index is 4.55. The first-order chi connectivity index (χ1) is 6.09. The van der Waals surface area contributed by atoms with Crippen molar-refractivity contribution in [2.45, 2.75) is 26.8 Å². The molecule has 1 atom stereocenters. The van der Waals surface area contributed by atoms with Crippen molar-refractivity contribution in [3.63, 3.8) is 0 Å². The molecule has 0 aliphatic carbocycles. The highest BCUT2D eigenvalue weighted by molar-refractivity contribution is 7.12. The Morgan fingerprint density at radius 1 is 1.46 bits per heavy atom. The van der Waals surface area contributed by atoms with E-state index in [-0.39, 0.29) is 0 Å². The Morgan fingerprint density at radius 2 is 2.15 bits per heavy atom. The molecule has 0 spiro atoms. The molecular weight excluding hydrogens is 180 g/mol. The molecule has 2 heterocycles. The van der Waals surface area contributed by atoms with E-state index in [1.807, 2.05) is 11.3 Å². The molecule has 0 unspecified atom stereocenters. The van der Waals surface area contributed by atoms with E-state index in [4.69, 9.17) is 0 Å². The SMILES string of the molecule is CC1=Nc2cc(C)sc2[C@H](C)N1C. The summed E-state index contributed by atoms with van der Waals surface area (Å²) in [5.74, 6) is 1.11. The summed E-state index contributed by atoms with van der Waals surface area (Å²) in [7, 11) is 2.10. The van der Waals surface area contributed by atoms with Crippen LogP contribution in [0, 0.1) is 6.92 Å². The van der Waals surface area contributed by atoms with Crippen molar-refractivity contribution in [3.8, 4) is 0 Å². The van der Waals surface area contributed by atoms with Crippen LogP contribution in [0.3, 0.4) is 0 Å². The van der Waals surface area contributed by atoms with Crippen LogP contribution in [0.15, 0.2) is 11.1 Å². The van der Waals surface area contributed by atoms with E-state index in [1.165, 1.54) is 15.4 Å². The van der Waals surface area contributed by atoms with Crippen molar-refractivity contribution in [1.82, 2.24) is 4.90 Å². The number of aryl methyl sites for hydroxylation is 1. The van der Waals surface area contributed by atoms with Gasteiger partial charge in [-0.15, -0.1) is 11.3 Å². The molecule has 0 fully saturated rings. The van der Waals surface area contributed by atoms with Gasteiger partial charge in [-0.1, -0.05) is 0 Å². The number of hydrogen-bond donors (Lipinski definition) is 0. The Hall–Kier alpha value is -0.830. The highest BCUT2D eigenvalue weighted by atomic mass is 32.1. The second kappa shape index (κ2) is 2.84. The lowest BCUT2D eigenvalue weighted by molar-refractivity contribution is 0.400. The standard InChI is InChI=1S/C10H14N2S/c1-6-5-9-10(13-6)7(2)12(4)8(3)11-9/h5,7H,1-4H3/t7-/m0/s1. The fourth-order valence-electron chi connectivity index (χ4n) is 1.61. The van der Waals surface area contributed by atoms with Crippen molar-refractivity contribution in [2.75, 3.05) is 7.05 Å². The first-order valence-corrected chi connectivity index (χ1v) is 5.29. The van der Waals surface area contributed by atoms with Crippen LogP contribution in [-0.4, -0.2) is 17.8 Å². The Labute approximate surface area is 82.9 Å². The molecule has 0 amide bonds. The summed E-state index contributed by atoms with van der Waals surface area (Å²) < 4.78 is 0. The van der Waals surface area contributed by atoms with Gasteiger partial charge in [0.1, 0.15) is 5.84 Å². The molecule has 1 aliphatic rings. The summed E-state index contributed by atoms with van der Waals surface area (Å²) in [6.45, 7) is 6.43. The lowest BCUT2D eigenvalue weighted by Gasteiger charge is -2.29. The molecule has 2 nitrogen and oxygen atoms in total. The van der Waals surface area contributed by atoms with E-state index in [1.54, 1.807) is 0 Å². The number of thiophene rings is 1. The largest absolute Gasteiger partial charge is 0.356 e. The van der Waals surface area contributed by atoms with Crippen LogP contribution in [-0.2, 0) is 0 Å².